The number of benzene rings is 3. The lowest BCUT2D eigenvalue weighted by molar-refractivity contribution is -0.0463. The monoisotopic (exact) mass is 514 g/mol. The van der Waals surface area contributed by atoms with Gasteiger partial charge in [0.1, 0.15) is 5.60 Å². The van der Waals surface area contributed by atoms with Crippen LogP contribution in [-0.4, -0.2) is 51.3 Å². The molecule has 0 spiro atoms. The third kappa shape index (κ3) is 7.92. The average Bonchev–Trinajstić information content (AvgIpc) is 2.92. The Labute approximate surface area is 228 Å². The SMILES string of the molecule is CC(C)(C)OC(=O)N1CCCC[C@H]1[C@@H](O)[C@H](Cc1ccccc1)N(Cc1ccccc1)Cc1ccccc1. The van der Waals surface area contributed by atoms with E-state index in [4.69, 9.17) is 4.74 Å². The van der Waals surface area contributed by atoms with Crippen molar-refractivity contribution in [3.05, 3.63) is 108 Å². The van der Waals surface area contributed by atoms with Crippen LogP contribution in [0.25, 0.3) is 0 Å². The molecule has 0 aliphatic carbocycles. The Morgan fingerprint density at radius 2 is 1.37 bits per heavy atom. The molecule has 1 aliphatic heterocycles. The number of likely N-dealkylation sites (tertiary alicyclic amines) is 1. The Hall–Kier alpha value is -3.15. The van der Waals surface area contributed by atoms with E-state index < -0.39 is 11.7 Å². The lowest BCUT2D eigenvalue weighted by Crippen LogP contribution is -2.58. The number of ether oxygens (including phenoxy) is 1. The summed E-state index contributed by atoms with van der Waals surface area (Å²) >= 11 is 0. The quantitative estimate of drug-likeness (QED) is 0.357. The zero-order valence-electron chi connectivity index (χ0n) is 23.0. The second-order valence-electron chi connectivity index (χ2n) is 11.4. The number of aliphatic hydroxyl groups is 1. The molecule has 202 valence electrons. The smallest absolute Gasteiger partial charge is 0.410 e. The minimum absolute atomic E-state index is 0.203. The molecule has 1 saturated heterocycles. The molecule has 0 unspecified atom stereocenters. The van der Waals surface area contributed by atoms with Gasteiger partial charge >= 0.3 is 6.09 Å². The van der Waals surface area contributed by atoms with E-state index in [0.717, 1.165) is 19.3 Å². The molecule has 0 aromatic heterocycles. The maximum absolute atomic E-state index is 13.2. The van der Waals surface area contributed by atoms with Crippen molar-refractivity contribution in [2.45, 2.75) is 83.3 Å². The lowest BCUT2D eigenvalue weighted by Gasteiger charge is -2.44. The second-order valence-corrected chi connectivity index (χ2v) is 11.4. The van der Waals surface area contributed by atoms with Crippen LogP contribution in [0.3, 0.4) is 0 Å². The Bertz CT molecular complexity index is 1070. The van der Waals surface area contributed by atoms with Crippen LogP contribution in [0.5, 0.6) is 0 Å². The minimum Gasteiger partial charge on any atom is -0.444 e. The largest absolute Gasteiger partial charge is 0.444 e. The molecule has 1 heterocycles. The Morgan fingerprint density at radius 3 is 1.87 bits per heavy atom. The van der Waals surface area contributed by atoms with Crippen molar-refractivity contribution in [2.75, 3.05) is 6.54 Å². The van der Waals surface area contributed by atoms with Crippen molar-refractivity contribution in [2.24, 2.45) is 0 Å². The topological polar surface area (TPSA) is 53.0 Å². The molecule has 0 bridgehead atoms. The highest BCUT2D eigenvalue weighted by Gasteiger charge is 2.40. The molecule has 1 amide bonds. The molecule has 1 fully saturated rings. The zero-order valence-corrected chi connectivity index (χ0v) is 23.0. The molecule has 1 N–H and O–H groups in total. The van der Waals surface area contributed by atoms with E-state index in [9.17, 15) is 9.90 Å². The average molecular weight is 515 g/mol. The van der Waals surface area contributed by atoms with Gasteiger partial charge in [0.25, 0.3) is 0 Å². The van der Waals surface area contributed by atoms with E-state index in [-0.39, 0.29) is 18.2 Å². The normalized spacial score (nSPS) is 17.7. The molecule has 0 radical (unpaired) electrons. The number of nitrogens with zero attached hydrogens (tertiary/aromatic N) is 2. The van der Waals surface area contributed by atoms with Crippen molar-refractivity contribution in [1.29, 1.82) is 0 Å². The van der Waals surface area contributed by atoms with Gasteiger partial charge in [0.2, 0.25) is 0 Å². The van der Waals surface area contributed by atoms with Crippen LogP contribution < -0.4 is 0 Å². The molecule has 5 nitrogen and oxygen atoms in total. The van der Waals surface area contributed by atoms with E-state index in [1.54, 1.807) is 4.90 Å². The van der Waals surface area contributed by atoms with Gasteiger partial charge in [-0.3, -0.25) is 4.90 Å². The van der Waals surface area contributed by atoms with Gasteiger partial charge in [0, 0.05) is 25.7 Å². The van der Waals surface area contributed by atoms with Crippen LogP contribution in [0, 0.1) is 0 Å². The summed E-state index contributed by atoms with van der Waals surface area (Å²) in [6.45, 7) is 7.67. The summed E-state index contributed by atoms with van der Waals surface area (Å²) in [5.41, 5.74) is 2.98. The van der Waals surface area contributed by atoms with Gasteiger partial charge in [-0.05, 0) is 63.1 Å². The molecule has 3 atom stereocenters. The van der Waals surface area contributed by atoms with Crippen LogP contribution in [0.15, 0.2) is 91.0 Å². The Kier molecular flexibility index (Phi) is 9.59. The lowest BCUT2D eigenvalue weighted by atomic mass is 9.89. The Balaban J connectivity index is 1.68. The van der Waals surface area contributed by atoms with Gasteiger partial charge < -0.3 is 14.7 Å². The molecular weight excluding hydrogens is 472 g/mol. The molecule has 5 heteroatoms. The van der Waals surface area contributed by atoms with Gasteiger partial charge in [-0.15, -0.1) is 0 Å². The van der Waals surface area contributed by atoms with Crippen molar-refractivity contribution < 1.29 is 14.6 Å². The number of piperidine rings is 1. The fraction of sp³-hybridized carbons (Fsp3) is 0.424. The van der Waals surface area contributed by atoms with Crippen LogP contribution in [0.4, 0.5) is 4.79 Å². The van der Waals surface area contributed by atoms with Crippen LogP contribution >= 0.6 is 0 Å². The molecule has 3 aromatic carbocycles. The number of hydrogen-bond acceptors (Lipinski definition) is 4. The predicted molar refractivity (Wildman–Crippen MR) is 153 cm³/mol. The summed E-state index contributed by atoms with van der Waals surface area (Å²) in [5.74, 6) is 0. The first kappa shape index (κ1) is 27.9. The van der Waals surface area contributed by atoms with Gasteiger partial charge in [0.05, 0.1) is 12.1 Å². The summed E-state index contributed by atoms with van der Waals surface area (Å²) in [6, 6.07) is 30.7. The fourth-order valence-corrected chi connectivity index (χ4v) is 5.36. The highest BCUT2D eigenvalue weighted by Crippen LogP contribution is 2.28. The predicted octanol–water partition coefficient (Wildman–Crippen LogP) is 6.45. The van der Waals surface area contributed by atoms with Gasteiger partial charge in [-0.25, -0.2) is 4.79 Å². The van der Waals surface area contributed by atoms with E-state index in [1.165, 1.54) is 16.7 Å². The van der Waals surface area contributed by atoms with Crippen molar-refractivity contribution in [3.63, 3.8) is 0 Å². The number of carbonyl (C=O) groups excluding carboxylic acids is 1. The van der Waals surface area contributed by atoms with E-state index in [0.29, 0.717) is 26.1 Å². The van der Waals surface area contributed by atoms with Crippen molar-refractivity contribution in [3.8, 4) is 0 Å². The maximum Gasteiger partial charge on any atom is 0.410 e. The highest BCUT2D eigenvalue weighted by molar-refractivity contribution is 5.68. The third-order valence-corrected chi connectivity index (χ3v) is 7.18. The number of rotatable bonds is 9. The minimum atomic E-state index is -0.740. The van der Waals surface area contributed by atoms with Crippen molar-refractivity contribution >= 4 is 6.09 Å². The van der Waals surface area contributed by atoms with E-state index in [2.05, 4.69) is 65.6 Å². The maximum atomic E-state index is 13.2. The highest BCUT2D eigenvalue weighted by atomic mass is 16.6. The molecule has 38 heavy (non-hydrogen) atoms. The summed E-state index contributed by atoms with van der Waals surface area (Å²) in [4.78, 5) is 17.4. The standard InChI is InChI=1S/C33H42N2O3/c1-33(2,3)38-32(37)35-22-14-13-21-29(35)31(36)30(23-26-15-7-4-8-16-26)34(24-27-17-9-5-10-18-27)25-28-19-11-6-12-20-28/h4-12,15-20,29-31,36H,13-14,21-25H2,1-3H3/t29-,30-,31+/m0/s1. The van der Waals surface area contributed by atoms with E-state index in [1.807, 2.05) is 51.1 Å². The first-order valence-corrected chi connectivity index (χ1v) is 13.8. The summed E-state index contributed by atoms with van der Waals surface area (Å²) < 4.78 is 5.77. The zero-order chi connectivity index (χ0) is 27.0. The second kappa shape index (κ2) is 13.1. The number of amides is 1. The first-order valence-electron chi connectivity index (χ1n) is 13.8. The number of carbonyl (C=O) groups is 1. The van der Waals surface area contributed by atoms with Gasteiger partial charge in [-0.2, -0.15) is 0 Å². The van der Waals surface area contributed by atoms with Gasteiger partial charge in [0.15, 0.2) is 0 Å². The molecule has 3 aromatic rings. The van der Waals surface area contributed by atoms with Crippen LogP contribution in [0.2, 0.25) is 0 Å². The van der Waals surface area contributed by atoms with Crippen LogP contribution in [0.1, 0.15) is 56.7 Å². The molecule has 1 aliphatic rings. The fourth-order valence-electron chi connectivity index (χ4n) is 5.36. The number of aliphatic hydroxyl groups excluding tert-OH is 1. The molecule has 0 saturated carbocycles. The molecule has 4 rings (SSSR count). The van der Waals surface area contributed by atoms with Crippen molar-refractivity contribution in [1.82, 2.24) is 9.80 Å². The van der Waals surface area contributed by atoms with Gasteiger partial charge in [-0.1, -0.05) is 91.0 Å². The summed E-state index contributed by atoms with van der Waals surface area (Å²) in [7, 11) is 0. The summed E-state index contributed by atoms with van der Waals surface area (Å²) in [5, 5.41) is 12.1. The first-order chi connectivity index (χ1) is 18.3. The molecular formula is C33H42N2O3. The summed E-state index contributed by atoms with van der Waals surface area (Å²) in [6.07, 6.45) is 2.27. The number of hydrogen-bond donors (Lipinski definition) is 1. The van der Waals surface area contributed by atoms with E-state index >= 15 is 0 Å². The third-order valence-electron chi connectivity index (χ3n) is 7.18. The Morgan fingerprint density at radius 1 is 0.868 bits per heavy atom. The van der Waals surface area contributed by atoms with Crippen LogP contribution in [-0.2, 0) is 24.2 Å².